The van der Waals surface area contributed by atoms with E-state index in [0.717, 1.165) is 11.1 Å². The Morgan fingerprint density at radius 3 is 2.50 bits per heavy atom. The molecule has 5 nitrogen and oxygen atoms in total. The smallest absolute Gasteiger partial charge is 0.243 e. The summed E-state index contributed by atoms with van der Waals surface area (Å²) < 4.78 is 27.7. The van der Waals surface area contributed by atoms with Crippen LogP contribution in [0.1, 0.15) is 50.7 Å². The summed E-state index contributed by atoms with van der Waals surface area (Å²) in [5.41, 5.74) is 1.79. The number of benzene rings is 1. The summed E-state index contributed by atoms with van der Waals surface area (Å²) in [5.74, 6) is 0.369. The second-order valence-corrected chi connectivity index (χ2v) is 8.58. The Hall–Kier alpha value is -1.40. The van der Waals surface area contributed by atoms with Crippen molar-refractivity contribution >= 4 is 15.9 Å². The molecule has 1 aliphatic heterocycles. The Morgan fingerprint density at radius 1 is 1.17 bits per heavy atom. The third-order valence-electron chi connectivity index (χ3n) is 4.61. The lowest BCUT2D eigenvalue weighted by Crippen LogP contribution is -2.37. The van der Waals surface area contributed by atoms with E-state index in [9.17, 15) is 13.2 Å². The van der Waals surface area contributed by atoms with Gasteiger partial charge in [-0.05, 0) is 36.5 Å². The third kappa shape index (κ3) is 3.98. The van der Waals surface area contributed by atoms with Crippen molar-refractivity contribution in [1.82, 2.24) is 9.21 Å². The maximum Gasteiger partial charge on any atom is 0.243 e. The molecule has 134 valence electrons. The first kappa shape index (κ1) is 18.9. The molecule has 24 heavy (non-hydrogen) atoms. The van der Waals surface area contributed by atoms with Gasteiger partial charge in [-0.3, -0.25) is 4.79 Å². The van der Waals surface area contributed by atoms with Gasteiger partial charge in [-0.1, -0.05) is 32.9 Å². The van der Waals surface area contributed by atoms with Crippen molar-refractivity contribution in [1.29, 1.82) is 0 Å². The van der Waals surface area contributed by atoms with Gasteiger partial charge in [-0.25, -0.2) is 8.42 Å². The fourth-order valence-corrected chi connectivity index (χ4v) is 4.73. The van der Waals surface area contributed by atoms with E-state index in [1.54, 1.807) is 11.0 Å². The van der Waals surface area contributed by atoms with Gasteiger partial charge in [0.15, 0.2) is 0 Å². The number of hydrogen-bond acceptors (Lipinski definition) is 3. The van der Waals surface area contributed by atoms with Crippen LogP contribution in [0.2, 0.25) is 0 Å². The Kier molecular flexibility index (Phi) is 6.04. The number of carbonyl (C=O) groups is 1. The Morgan fingerprint density at radius 2 is 1.88 bits per heavy atom. The normalized spacial score (nSPS) is 17.1. The second-order valence-electron chi connectivity index (χ2n) is 6.67. The lowest BCUT2D eigenvalue weighted by molar-refractivity contribution is -0.130. The van der Waals surface area contributed by atoms with Crippen LogP contribution < -0.4 is 0 Å². The third-order valence-corrected chi connectivity index (χ3v) is 6.65. The summed E-state index contributed by atoms with van der Waals surface area (Å²) in [6, 6.07) is 5.67. The summed E-state index contributed by atoms with van der Waals surface area (Å²) in [6.07, 6.45) is 1.14. The van der Waals surface area contributed by atoms with Crippen molar-refractivity contribution in [3.8, 4) is 0 Å². The fourth-order valence-electron chi connectivity index (χ4n) is 3.00. The van der Waals surface area contributed by atoms with Crippen LogP contribution in [0, 0.1) is 6.92 Å². The van der Waals surface area contributed by atoms with E-state index in [2.05, 4.69) is 13.8 Å². The summed E-state index contributed by atoms with van der Waals surface area (Å²) in [7, 11) is -3.53. The minimum absolute atomic E-state index is 0.0900. The monoisotopic (exact) mass is 352 g/mol. The first-order chi connectivity index (χ1) is 11.3. The molecule has 0 radical (unpaired) electrons. The van der Waals surface area contributed by atoms with Crippen molar-refractivity contribution in [2.45, 2.75) is 51.3 Å². The van der Waals surface area contributed by atoms with Gasteiger partial charge < -0.3 is 4.90 Å². The summed E-state index contributed by atoms with van der Waals surface area (Å²) in [5, 5.41) is 0. The first-order valence-corrected chi connectivity index (χ1v) is 10.1. The van der Waals surface area contributed by atoms with Crippen LogP contribution >= 0.6 is 0 Å². The Balaban J connectivity index is 2.27. The SMILES string of the molecule is CCC(=O)N1CCCN(S(=O)(=O)c2cc(C(C)C)ccc2C)CC1. The highest BCUT2D eigenvalue weighted by Crippen LogP contribution is 2.25. The molecule has 1 aromatic carbocycles. The molecule has 1 amide bonds. The van der Waals surface area contributed by atoms with Crippen LogP contribution in [0.4, 0.5) is 0 Å². The maximum absolute atomic E-state index is 13.1. The van der Waals surface area contributed by atoms with Crippen molar-refractivity contribution in [2.24, 2.45) is 0 Å². The molecule has 0 aliphatic carbocycles. The highest BCUT2D eigenvalue weighted by Gasteiger charge is 2.29. The van der Waals surface area contributed by atoms with E-state index in [1.165, 1.54) is 4.31 Å². The van der Waals surface area contributed by atoms with Crippen LogP contribution in [0.25, 0.3) is 0 Å². The molecule has 0 unspecified atom stereocenters. The molecule has 0 bridgehead atoms. The minimum Gasteiger partial charge on any atom is -0.341 e. The predicted octanol–water partition coefficient (Wildman–Crippen LogP) is 2.75. The quantitative estimate of drug-likeness (QED) is 0.837. The van der Waals surface area contributed by atoms with Crippen LogP contribution in [0.3, 0.4) is 0 Å². The van der Waals surface area contributed by atoms with E-state index >= 15 is 0 Å². The molecular formula is C18H28N2O3S. The van der Waals surface area contributed by atoms with Crippen LogP contribution in [-0.2, 0) is 14.8 Å². The standard InChI is InChI=1S/C18H28N2O3S/c1-5-18(21)19-9-6-10-20(12-11-19)24(22,23)17-13-16(14(2)3)8-7-15(17)4/h7-8,13-14H,5-6,9-12H2,1-4H3. The van der Waals surface area contributed by atoms with Crippen LogP contribution in [-0.4, -0.2) is 49.7 Å². The minimum atomic E-state index is -3.53. The molecule has 1 aromatic rings. The van der Waals surface area contributed by atoms with Crippen LogP contribution in [0.15, 0.2) is 23.1 Å². The highest BCUT2D eigenvalue weighted by atomic mass is 32.2. The Bertz CT molecular complexity index is 698. The number of aryl methyl sites for hydroxylation is 1. The van der Waals surface area contributed by atoms with E-state index in [0.29, 0.717) is 43.9 Å². The summed E-state index contributed by atoms with van der Waals surface area (Å²) >= 11 is 0. The Labute approximate surface area is 145 Å². The maximum atomic E-state index is 13.1. The summed E-state index contributed by atoms with van der Waals surface area (Å²) in [6.45, 7) is 9.70. The average molecular weight is 353 g/mol. The fraction of sp³-hybridized carbons (Fsp3) is 0.611. The van der Waals surface area contributed by atoms with Gasteiger partial charge in [0, 0.05) is 32.6 Å². The number of rotatable bonds is 4. The van der Waals surface area contributed by atoms with Gasteiger partial charge in [0.25, 0.3) is 0 Å². The molecule has 0 atom stereocenters. The molecule has 2 rings (SSSR count). The zero-order chi connectivity index (χ0) is 17.9. The lowest BCUT2D eigenvalue weighted by atomic mass is 10.0. The van der Waals surface area contributed by atoms with Crippen molar-refractivity contribution in [2.75, 3.05) is 26.2 Å². The number of amides is 1. The lowest BCUT2D eigenvalue weighted by Gasteiger charge is -2.23. The van der Waals surface area contributed by atoms with E-state index in [-0.39, 0.29) is 11.8 Å². The van der Waals surface area contributed by atoms with Crippen molar-refractivity contribution in [3.05, 3.63) is 29.3 Å². The van der Waals surface area contributed by atoms with Gasteiger partial charge in [0.1, 0.15) is 0 Å². The molecule has 0 spiro atoms. The van der Waals surface area contributed by atoms with Crippen molar-refractivity contribution < 1.29 is 13.2 Å². The average Bonchev–Trinajstić information content (AvgIpc) is 2.80. The van der Waals surface area contributed by atoms with Gasteiger partial charge in [-0.2, -0.15) is 4.31 Å². The first-order valence-electron chi connectivity index (χ1n) is 8.65. The number of carbonyl (C=O) groups excluding carboxylic acids is 1. The second kappa shape index (κ2) is 7.66. The molecule has 1 fully saturated rings. The molecular weight excluding hydrogens is 324 g/mol. The largest absolute Gasteiger partial charge is 0.341 e. The van der Waals surface area contributed by atoms with Gasteiger partial charge in [0.05, 0.1) is 4.90 Å². The number of sulfonamides is 1. The van der Waals surface area contributed by atoms with Gasteiger partial charge in [-0.15, -0.1) is 0 Å². The van der Waals surface area contributed by atoms with Gasteiger partial charge >= 0.3 is 0 Å². The predicted molar refractivity (Wildman–Crippen MR) is 95.5 cm³/mol. The number of hydrogen-bond donors (Lipinski definition) is 0. The zero-order valence-electron chi connectivity index (χ0n) is 15.1. The van der Waals surface area contributed by atoms with E-state index in [4.69, 9.17) is 0 Å². The molecule has 0 saturated carbocycles. The van der Waals surface area contributed by atoms with Crippen molar-refractivity contribution in [3.63, 3.8) is 0 Å². The van der Waals surface area contributed by atoms with E-state index in [1.807, 2.05) is 26.0 Å². The molecule has 1 saturated heterocycles. The van der Waals surface area contributed by atoms with Crippen LogP contribution in [0.5, 0.6) is 0 Å². The summed E-state index contributed by atoms with van der Waals surface area (Å²) in [4.78, 5) is 14.0. The number of nitrogens with zero attached hydrogens (tertiary/aromatic N) is 2. The topological polar surface area (TPSA) is 57.7 Å². The molecule has 1 heterocycles. The molecule has 6 heteroatoms. The zero-order valence-corrected chi connectivity index (χ0v) is 15.9. The molecule has 0 aromatic heterocycles. The molecule has 1 aliphatic rings. The van der Waals surface area contributed by atoms with Gasteiger partial charge in [0.2, 0.25) is 15.9 Å². The molecule has 0 N–H and O–H groups in total. The highest BCUT2D eigenvalue weighted by molar-refractivity contribution is 7.89. The van der Waals surface area contributed by atoms with E-state index < -0.39 is 10.0 Å².